The van der Waals surface area contributed by atoms with Crippen LogP contribution in [-0.2, 0) is 37.3 Å². The summed E-state index contributed by atoms with van der Waals surface area (Å²) >= 11 is 0. The molecule has 0 bridgehead atoms. The Labute approximate surface area is 363 Å². The third kappa shape index (κ3) is 7.72. The van der Waals surface area contributed by atoms with Crippen LogP contribution in [0.25, 0.3) is 61.6 Å². The van der Waals surface area contributed by atoms with Gasteiger partial charge in [-0.15, -0.1) is 29.3 Å². The minimum Gasteiger partial charge on any atom is -0.507 e. The SMILES string of the molecule is CC(C)(C)c1cc(-c2cc(-c3ccccc3)ccn2)[c-]c(-c2cccc3c2nc(-c2ccccc2O)n3-c2ccc(C3(C)CCC(C)(c4ccccc4)CC3)cc2)c1.[Pt]. The number of nitrogens with zero attached hydrogens (tertiary/aromatic N) is 3. The van der Waals surface area contributed by atoms with Crippen molar-refractivity contribution in [3.63, 3.8) is 0 Å². The van der Waals surface area contributed by atoms with Crippen LogP contribution >= 0.6 is 0 Å². The average Bonchev–Trinajstić information content (AvgIpc) is 3.65. The van der Waals surface area contributed by atoms with E-state index in [2.05, 4.69) is 167 Å². The van der Waals surface area contributed by atoms with E-state index in [1.807, 2.05) is 30.5 Å². The normalized spacial score (nSPS) is 18.1. The summed E-state index contributed by atoms with van der Waals surface area (Å²) < 4.78 is 2.20. The van der Waals surface area contributed by atoms with E-state index < -0.39 is 0 Å². The summed E-state index contributed by atoms with van der Waals surface area (Å²) in [5.41, 5.74) is 13.7. The number of aromatic nitrogens is 3. The Hall–Kier alpha value is -5.57. The van der Waals surface area contributed by atoms with Gasteiger partial charge in [-0.25, -0.2) is 4.98 Å². The van der Waals surface area contributed by atoms with Gasteiger partial charge in [0, 0.05) is 38.6 Å². The molecule has 6 aromatic carbocycles. The maximum Gasteiger partial charge on any atom is 0.148 e. The number of phenols is 1. The van der Waals surface area contributed by atoms with Crippen LogP contribution in [-0.4, -0.2) is 19.6 Å². The Morgan fingerprint density at radius 1 is 0.610 bits per heavy atom. The van der Waals surface area contributed by atoms with Gasteiger partial charge < -0.3 is 5.11 Å². The molecule has 0 spiro atoms. The van der Waals surface area contributed by atoms with Crippen LogP contribution in [0, 0.1) is 6.07 Å². The van der Waals surface area contributed by atoms with Crippen LogP contribution in [0.4, 0.5) is 0 Å². The molecule has 0 aliphatic heterocycles. The van der Waals surface area contributed by atoms with Gasteiger partial charge in [-0.05, 0) is 101 Å². The van der Waals surface area contributed by atoms with Gasteiger partial charge >= 0.3 is 0 Å². The Bertz CT molecular complexity index is 2740. The fourth-order valence-corrected chi connectivity index (χ4v) is 8.88. The second-order valence-corrected chi connectivity index (χ2v) is 17.7. The van der Waals surface area contributed by atoms with Gasteiger partial charge in [0.1, 0.15) is 11.6 Å². The average molecular weight is 952 g/mol. The predicted molar refractivity (Wildman–Crippen MR) is 239 cm³/mol. The fourth-order valence-electron chi connectivity index (χ4n) is 8.88. The van der Waals surface area contributed by atoms with Crippen LogP contribution in [0.15, 0.2) is 158 Å². The fraction of sp³-hybridized carbons (Fsp3) is 0.222. The van der Waals surface area contributed by atoms with E-state index in [0.717, 1.165) is 75.9 Å². The monoisotopic (exact) mass is 951 g/mol. The van der Waals surface area contributed by atoms with E-state index in [-0.39, 0.29) is 43.1 Å². The first kappa shape index (κ1) is 40.2. The first-order valence-electron chi connectivity index (χ1n) is 20.6. The van der Waals surface area contributed by atoms with Crippen molar-refractivity contribution in [1.29, 1.82) is 0 Å². The molecule has 9 rings (SSSR count). The Kier molecular flexibility index (Phi) is 10.8. The largest absolute Gasteiger partial charge is 0.507 e. The minimum absolute atomic E-state index is 0. The summed E-state index contributed by atoms with van der Waals surface area (Å²) in [5.74, 6) is 0.890. The number of para-hydroxylation sites is 2. The summed E-state index contributed by atoms with van der Waals surface area (Å²) in [5, 5.41) is 11.2. The molecule has 1 N–H and O–H groups in total. The van der Waals surface area contributed by atoms with E-state index in [4.69, 9.17) is 9.97 Å². The molecule has 0 saturated heterocycles. The van der Waals surface area contributed by atoms with Gasteiger partial charge in [0.15, 0.2) is 0 Å². The first-order chi connectivity index (χ1) is 28.0. The molecular formula is C54H50N3OPt-. The first-order valence-corrected chi connectivity index (χ1v) is 20.6. The number of benzene rings is 6. The van der Waals surface area contributed by atoms with Gasteiger partial charge in [-0.3, -0.25) is 9.55 Å². The summed E-state index contributed by atoms with van der Waals surface area (Å²) in [6, 6.07) is 56.9. The second kappa shape index (κ2) is 15.9. The van der Waals surface area contributed by atoms with Crippen molar-refractivity contribution < 1.29 is 26.2 Å². The smallest absolute Gasteiger partial charge is 0.148 e. The zero-order valence-electron chi connectivity index (χ0n) is 34.4. The molecule has 0 radical (unpaired) electrons. The summed E-state index contributed by atoms with van der Waals surface area (Å²) in [7, 11) is 0. The molecule has 0 unspecified atom stereocenters. The quantitative estimate of drug-likeness (QED) is 0.162. The Balaban J connectivity index is 0.00000484. The van der Waals surface area contributed by atoms with Crippen LogP contribution < -0.4 is 0 Å². The standard InChI is InChI=1S/C54H50N3O.Pt/c1-52(2,3)43-34-39(33-40(35-43)47-36-38(27-32-55-47)37-15-8-6-9-16-37)45-20-14-21-48-50(45)56-51(46-19-12-13-22-49(46)58)57(48)44-25-23-42(24-26-44)54(5)30-28-53(4,29-31-54)41-17-10-7-11-18-41;/h6-27,32,34-36,58H,28-31H2,1-5H3;/q-1;. The minimum atomic E-state index is -0.124. The number of rotatable bonds is 7. The van der Waals surface area contributed by atoms with Crippen molar-refractivity contribution in [3.05, 3.63) is 181 Å². The summed E-state index contributed by atoms with van der Waals surface area (Å²) in [4.78, 5) is 10.2. The number of hydrogen-bond donors (Lipinski definition) is 1. The number of pyridine rings is 1. The van der Waals surface area contributed by atoms with E-state index >= 15 is 0 Å². The maximum atomic E-state index is 11.2. The number of imidazole rings is 1. The van der Waals surface area contributed by atoms with E-state index in [1.165, 1.54) is 16.7 Å². The van der Waals surface area contributed by atoms with Crippen molar-refractivity contribution in [2.75, 3.05) is 0 Å². The van der Waals surface area contributed by atoms with Crippen molar-refractivity contribution in [1.82, 2.24) is 14.5 Å². The molecule has 59 heavy (non-hydrogen) atoms. The molecule has 8 aromatic rings. The predicted octanol–water partition coefficient (Wildman–Crippen LogP) is 13.7. The van der Waals surface area contributed by atoms with Crippen LogP contribution in [0.3, 0.4) is 0 Å². The third-order valence-corrected chi connectivity index (χ3v) is 12.7. The Morgan fingerprint density at radius 2 is 1.20 bits per heavy atom. The van der Waals surface area contributed by atoms with Crippen LogP contribution in [0.2, 0.25) is 0 Å². The number of hydrogen-bond acceptors (Lipinski definition) is 3. The molecule has 2 aromatic heterocycles. The molecule has 1 fully saturated rings. The summed E-state index contributed by atoms with van der Waals surface area (Å²) in [6.45, 7) is 11.6. The number of fused-ring (bicyclic) bond motifs is 1. The van der Waals surface area contributed by atoms with E-state index in [1.54, 1.807) is 6.07 Å². The number of aromatic hydroxyl groups is 1. The van der Waals surface area contributed by atoms with Gasteiger partial charge in [0.05, 0.1) is 16.6 Å². The van der Waals surface area contributed by atoms with Crippen molar-refractivity contribution in [2.24, 2.45) is 0 Å². The topological polar surface area (TPSA) is 50.9 Å². The maximum absolute atomic E-state index is 11.2. The number of phenolic OH excluding ortho intramolecular Hbond substituents is 1. The molecule has 1 aliphatic rings. The Morgan fingerprint density at radius 3 is 1.86 bits per heavy atom. The van der Waals surface area contributed by atoms with E-state index in [9.17, 15) is 5.11 Å². The van der Waals surface area contributed by atoms with Crippen molar-refractivity contribution >= 4 is 11.0 Å². The molecular weight excluding hydrogens is 902 g/mol. The van der Waals surface area contributed by atoms with Crippen LogP contribution in [0.1, 0.15) is 77.0 Å². The molecule has 5 heteroatoms. The van der Waals surface area contributed by atoms with Gasteiger partial charge in [0.2, 0.25) is 0 Å². The molecule has 298 valence electrons. The molecule has 1 aliphatic carbocycles. The molecule has 4 nitrogen and oxygen atoms in total. The van der Waals surface area contributed by atoms with Gasteiger partial charge in [0.25, 0.3) is 0 Å². The molecule has 0 atom stereocenters. The molecule has 0 amide bonds. The zero-order chi connectivity index (χ0) is 40.1. The van der Waals surface area contributed by atoms with Crippen molar-refractivity contribution in [2.45, 2.75) is 76.5 Å². The van der Waals surface area contributed by atoms with Crippen molar-refractivity contribution in [3.8, 4) is 56.3 Å². The van der Waals surface area contributed by atoms with Crippen LogP contribution in [0.5, 0.6) is 5.75 Å². The van der Waals surface area contributed by atoms with E-state index in [0.29, 0.717) is 11.4 Å². The van der Waals surface area contributed by atoms with Gasteiger partial charge in [-0.2, -0.15) is 0 Å². The zero-order valence-corrected chi connectivity index (χ0v) is 36.7. The third-order valence-electron chi connectivity index (χ3n) is 12.7. The molecule has 1 saturated carbocycles. The second-order valence-electron chi connectivity index (χ2n) is 17.7. The van der Waals surface area contributed by atoms with Gasteiger partial charge in [-0.1, -0.05) is 149 Å². The summed E-state index contributed by atoms with van der Waals surface area (Å²) in [6.07, 6.45) is 6.47. The molecule has 2 heterocycles.